The third kappa shape index (κ3) is 5.19. The zero-order chi connectivity index (χ0) is 23.9. The fraction of sp³-hybridized carbons (Fsp3) is 0.136. The van der Waals surface area contributed by atoms with Gasteiger partial charge in [0.1, 0.15) is 9.49 Å². The minimum atomic E-state index is -1.31. The summed E-state index contributed by atoms with van der Waals surface area (Å²) < 4.78 is -1.31. The molecule has 2 aromatic carbocycles. The second kappa shape index (κ2) is 9.49. The van der Waals surface area contributed by atoms with E-state index < -0.39 is 28.0 Å². The van der Waals surface area contributed by atoms with E-state index in [0.717, 1.165) is 0 Å². The number of amides is 2. The van der Waals surface area contributed by atoms with E-state index in [1.165, 1.54) is 24.4 Å². The Bertz CT molecular complexity index is 1270. The summed E-state index contributed by atoms with van der Waals surface area (Å²) in [6, 6.07) is 12.6. The third-order valence-electron chi connectivity index (χ3n) is 5.10. The van der Waals surface area contributed by atoms with Gasteiger partial charge in [-0.25, -0.2) is 4.98 Å². The van der Waals surface area contributed by atoms with Gasteiger partial charge in [0.25, 0.3) is 5.91 Å². The molecule has 0 radical (unpaired) electrons. The molecular formula is C22H13Cl6N3O2. The number of alkyl halides is 2. The van der Waals surface area contributed by atoms with Crippen LogP contribution in [0.3, 0.4) is 0 Å². The van der Waals surface area contributed by atoms with E-state index >= 15 is 0 Å². The first-order valence-electron chi connectivity index (χ1n) is 9.44. The van der Waals surface area contributed by atoms with Gasteiger partial charge in [-0.3, -0.25) is 9.59 Å². The van der Waals surface area contributed by atoms with Crippen molar-refractivity contribution in [1.29, 1.82) is 0 Å². The molecule has 2 N–H and O–H groups in total. The topological polar surface area (TPSA) is 71.1 Å². The van der Waals surface area contributed by atoms with Gasteiger partial charge in [0.15, 0.2) is 0 Å². The average Bonchev–Trinajstić information content (AvgIpc) is 3.33. The van der Waals surface area contributed by atoms with Crippen molar-refractivity contribution < 1.29 is 9.59 Å². The van der Waals surface area contributed by atoms with Gasteiger partial charge in [-0.15, -0.1) is 23.2 Å². The molecule has 4 rings (SSSR count). The molecule has 1 unspecified atom stereocenters. The Balaban J connectivity index is 1.50. The summed E-state index contributed by atoms with van der Waals surface area (Å²) in [5.41, 5.74) is 1.65. The molecule has 1 aromatic heterocycles. The molecule has 0 spiro atoms. The van der Waals surface area contributed by atoms with E-state index in [1.54, 1.807) is 30.3 Å². The molecule has 0 bridgehead atoms. The fourth-order valence-corrected chi connectivity index (χ4v) is 4.96. The van der Waals surface area contributed by atoms with Gasteiger partial charge in [-0.2, -0.15) is 0 Å². The van der Waals surface area contributed by atoms with Crippen molar-refractivity contribution in [2.24, 2.45) is 5.92 Å². The molecule has 1 aliphatic rings. The molecule has 2 amide bonds. The zero-order valence-corrected chi connectivity index (χ0v) is 20.9. The number of rotatable bonds is 5. The van der Waals surface area contributed by atoms with Gasteiger partial charge in [-0.05, 0) is 48.0 Å². The lowest BCUT2D eigenvalue weighted by molar-refractivity contribution is -0.117. The lowest BCUT2D eigenvalue weighted by Gasteiger charge is -2.10. The molecule has 0 aliphatic heterocycles. The molecule has 1 fully saturated rings. The smallest absolute Gasteiger partial charge is 0.257 e. The van der Waals surface area contributed by atoms with Crippen LogP contribution in [0.5, 0.6) is 0 Å². The van der Waals surface area contributed by atoms with Crippen LogP contribution in [0.15, 0.2) is 54.7 Å². The van der Waals surface area contributed by atoms with Crippen LogP contribution in [0.1, 0.15) is 21.8 Å². The maximum absolute atomic E-state index is 12.9. The standard InChI is InChI=1S/C22H13Cl6N3O2/c23-14-4-2-11(8-13(14)20(32)30-12-5-6-29-17(26)9-12)31-21(33)19-18(22(19,27)28)10-1-3-15(24)16(25)7-10/h1-9,18-19H,(H,31,33)(H,29,30,32)/t18?,19-/m1/s1. The van der Waals surface area contributed by atoms with Crippen molar-refractivity contribution in [1.82, 2.24) is 4.98 Å². The van der Waals surface area contributed by atoms with Gasteiger partial charge in [0, 0.05) is 23.5 Å². The Labute approximate surface area is 219 Å². The summed E-state index contributed by atoms with van der Waals surface area (Å²) in [7, 11) is 0. The highest BCUT2D eigenvalue weighted by Gasteiger charge is 2.67. The van der Waals surface area contributed by atoms with E-state index in [1.807, 2.05) is 0 Å². The number of hydrogen-bond donors (Lipinski definition) is 2. The summed E-state index contributed by atoms with van der Waals surface area (Å²) in [5, 5.41) is 6.58. The largest absolute Gasteiger partial charge is 0.326 e. The van der Waals surface area contributed by atoms with Crippen LogP contribution in [0, 0.1) is 5.92 Å². The highest BCUT2D eigenvalue weighted by molar-refractivity contribution is 6.53. The highest BCUT2D eigenvalue weighted by atomic mass is 35.5. The van der Waals surface area contributed by atoms with Crippen LogP contribution >= 0.6 is 69.6 Å². The molecule has 3 aromatic rings. The summed E-state index contributed by atoms with van der Waals surface area (Å²) in [6.07, 6.45) is 1.46. The minimum absolute atomic E-state index is 0.155. The number of carbonyl (C=O) groups is 2. The molecule has 1 saturated carbocycles. The maximum atomic E-state index is 12.9. The molecule has 5 nitrogen and oxygen atoms in total. The van der Waals surface area contributed by atoms with E-state index in [2.05, 4.69) is 15.6 Å². The molecular weight excluding hydrogens is 551 g/mol. The Hall–Kier alpha value is -1.73. The van der Waals surface area contributed by atoms with Crippen molar-refractivity contribution in [3.05, 3.63) is 86.1 Å². The number of nitrogens with one attached hydrogen (secondary N) is 2. The molecule has 0 saturated heterocycles. The van der Waals surface area contributed by atoms with Crippen LogP contribution < -0.4 is 10.6 Å². The number of pyridine rings is 1. The molecule has 1 aliphatic carbocycles. The summed E-state index contributed by atoms with van der Waals surface area (Å²) in [6.45, 7) is 0. The molecule has 1 heterocycles. The first-order chi connectivity index (χ1) is 15.6. The molecule has 33 heavy (non-hydrogen) atoms. The van der Waals surface area contributed by atoms with Crippen LogP contribution in [-0.2, 0) is 4.79 Å². The normalized spacial score (nSPS) is 18.5. The van der Waals surface area contributed by atoms with Crippen LogP contribution in [-0.4, -0.2) is 21.1 Å². The van der Waals surface area contributed by atoms with Crippen LogP contribution in [0.4, 0.5) is 11.4 Å². The summed E-state index contributed by atoms with van der Waals surface area (Å²) >= 11 is 36.9. The van der Waals surface area contributed by atoms with Crippen molar-refractivity contribution in [3.8, 4) is 0 Å². The fourth-order valence-electron chi connectivity index (χ4n) is 3.45. The lowest BCUT2D eigenvalue weighted by Crippen LogP contribution is -2.18. The highest BCUT2D eigenvalue weighted by Crippen LogP contribution is 2.65. The molecule has 170 valence electrons. The Morgan fingerprint density at radius 2 is 1.52 bits per heavy atom. The van der Waals surface area contributed by atoms with Gasteiger partial charge >= 0.3 is 0 Å². The number of anilines is 2. The van der Waals surface area contributed by atoms with E-state index in [-0.39, 0.29) is 15.7 Å². The monoisotopic (exact) mass is 561 g/mol. The van der Waals surface area contributed by atoms with Crippen LogP contribution in [0.25, 0.3) is 0 Å². The van der Waals surface area contributed by atoms with E-state index in [0.29, 0.717) is 27.0 Å². The minimum Gasteiger partial charge on any atom is -0.326 e. The van der Waals surface area contributed by atoms with Crippen molar-refractivity contribution in [2.75, 3.05) is 10.6 Å². The number of hydrogen-bond acceptors (Lipinski definition) is 3. The number of carbonyl (C=O) groups excluding carboxylic acids is 2. The quantitative estimate of drug-likeness (QED) is 0.250. The first kappa shape index (κ1) is 24.4. The van der Waals surface area contributed by atoms with Gasteiger partial charge in [0.05, 0.1) is 26.5 Å². The van der Waals surface area contributed by atoms with Crippen molar-refractivity contribution >= 4 is 92.8 Å². The van der Waals surface area contributed by atoms with E-state index in [9.17, 15) is 9.59 Å². The van der Waals surface area contributed by atoms with Crippen LogP contribution in [0.2, 0.25) is 20.2 Å². The van der Waals surface area contributed by atoms with E-state index in [4.69, 9.17) is 69.6 Å². The number of aromatic nitrogens is 1. The Morgan fingerprint density at radius 3 is 2.21 bits per heavy atom. The summed E-state index contributed by atoms with van der Waals surface area (Å²) in [5.74, 6) is -2.10. The number of nitrogens with zero attached hydrogens (tertiary/aromatic N) is 1. The lowest BCUT2D eigenvalue weighted by atomic mass is 10.1. The van der Waals surface area contributed by atoms with Crippen molar-refractivity contribution in [3.63, 3.8) is 0 Å². The van der Waals surface area contributed by atoms with Gasteiger partial charge in [-0.1, -0.05) is 52.5 Å². The third-order valence-corrected chi connectivity index (χ3v) is 7.32. The first-order valence-corrected chi connectivity index (χ1v) is 11.7. The zero-order valence-electron chi connectivity index (χ0n) is 16.4. The SMILES string of the molecule is O=C(Nc1ccnc(Cl)c1)c1cc(NC(=O)[C@H]2C(c3ccc(Cl)c(Cl)c3)C2(Cl)Cl)ccc1Cl. The maximum Gasteiger partial charge on any atom is 0.257 e. The number of halogens is 6. The summed E-state index contributed by atoms with van der Waals surface area (Å²) in [4.78, 5) is 29.5. The van der Waals surface area contributed by atoms with Gasteiger partial charge < -0.3 is 10.6 Å². The Morgan fingerprint density at radius 1 is 0.818 bits per heavy atom. The second-order valence-corrected chi connectivity index (χ2v) is 10.4. The molecule has 2 atom stereocenters. The predicted molar refractivity (Wildman–Crippen MR) is 134 cm³/mol. The van der Waals surface area contributed by atoms with Crippen molar-refractivity contribution in [2.45, 2.75) is 10.3 Å². The Kier molecular flexibility index (Phi) is 7.02. The second-order valence-electron chi connectivity index (χ2n) is 7.31. The predicted octanol–water partition coefficient (Wildman–Crippen LogP) is 7.47. The number of benzene rings is 2. The molecule has 11 heteroatoms. The van der Waals surface area contributed by atoms with Gasteiger partial charge in [0.2, 0.25) is 5.91 Å². The average molecular weight is 564 g/mol.